The van der Waals surface area contributed by atoms with E-state index in [1.165, 1.54) is 12.3 Å². The lowest BCUT2D eigenvalue weighted by Crippen LogP contribution is -2.42. The van der Waals surface area contributed by atoms with Crippen molar-refractivity contribution in [2.45, 2.75) is 19.0 Å². The number of rotatable bonds is 7. The maximum atomic E-state index is 14.7. The van der Waals surface area contributed by atoms with Crippen LogP contribution in [0.2, 0.25) is 5.02 Å². The Hall–Kier alpha value is -4.32. The van der Waals surface area contributed by atoms with Crippen LogP contribution in [0.5, 0.6) is 0 Å². The van der Waals surface area contributed by atoms with Crippen molar-refractivity contribution in [2.75, 3.05) is 18.4 Å². The summed E-state index contributed by atoms with van der Waals surface area (Å²) < 4.78 is 55.5. The van der Waals surface area contributed by atoms with E-state index < -0.39 is 45.7 Å². The van der Waals surface area contributed by atoms with Gasteiger partial charge in [-0.3, -0.25) is 20.0 Å². The van der Waals surface area contributed by atoms with E-state index in [0.29, 0.717) is 25.2 Å². The fourth-order valence-corrected chi connectivity index (χ4v) is 4.17. The van der Waals surface area contributed by atoms with Gasteiger partial charge in [-0.2, -0.15) is 13.2 Å². The van der Waals surface area contributed by atoms with Crippen LogP contribution in [0.25, 0.3) is 0 Å². The monoisotopic (exact) mass is 562 g/mol. The number of carboxylic acids is 1. The van der Waals surface area contributed by atoms with Crippen LogP contribution in [0, 0.1) is 11.2 Å². The molecular weight excluding hydrogens is 544 g/mol. The third-order valence-corrected chi connectivity index (χ3v) is 6.34. The molecule has 1 aliphatic rings. The van der Waals surface area contributed by atoms with Gasteiger partial charge in [0.1, 0.15) is 11.5 Å². The van der Waals surface area contributed by atoms with E-state index in [1.807, 2.05) is 0 Å². The number of alkyl halides is 3. The van der Waals surface area contributed by atoms with Gasteiger partial charge < -0.3 is 15.3 Å². The fourth-order valence-electron chi connectivity index (χ4n) is 3.91. The van der Waals surface area contributed by atoms with Crippen molar-refractivity contribution in [3.63, 3.8) is 0 Å². The van der Waals surface area contributed by atoms with Crippen molar-refractivity contribution in [3.8, 4) is 0 Å². The molecule has 3 N–H and O–H groups in total. The highest BCUT2D eigenvalue weighted by Crippen LogP contribution is 2.35. The topological polar surface area (TPSA) is 123 Å². The summed E-state index contributed by atoms with van der Waals surface area (Å²) in [6, 6.07) is 6.89. The van der Waals surface area contributed by atoms with Gasteiger partial charge in [0, 0.05) is 24.8 Å². The molecule has 0 aliphatic carbocycles. The zero-order chi connectivity index (χ0) is 28.5. The standard InChI is InChI=1S/C26H19ClF4N4O4/c27-17-4-1-3-16(26(29,30)31)21(17)24(37)34-19-9-13(10-20(36)35-7-2-8-35)12-33-23(19)22(32)15-6-5-14(25(38)39)11-18(15)28/h1,3-6,9,11-12,32H,2,7-8,10H2,(H,34,37)(H,38,39). The predicted molar refractivity (Wildman–Crippen MR) is 133 cm³/mol. The number of carbonyl (C=O) groups is 3. The molecule has 2 amide bonds. The first-order chi connectivity index (χ1) is 18.4. The Morgan fingerprint density at radius 2 is 1.85 bits per heavy atom. The molecule has 8 nitrogen and oxygen atoms in total. The Morgan fingerprint density at radius 1 is 1.13 bits per heavy atom. The molecule has 0 bridgehead atoms. The maximum absolute atomic E-state index is 14.7. The van der Waals surface area contributed by atoms with Crippen molar-refractivity contribution < 1.29 is 37.1 Å². The van der Waals surface area contributed by atoms with Crippen LogP contribution < -0.4 is 5.32 Å². The second kappa shape index (κ2) is 10.8. The minimum Gasteiger partial charge on any atom is -0.478 e. The van der Waals surface area contributed by atoms with E-state index >= 15 is 0 Å². The maximum Gasteiger partial charge on any atom is 0.417 e. The van der Waals surface area contributed by atoms with Gasteiger partial charge in [-0.25, -0.2) is 9.18 Å². The second-order valence-corrected chi connectivity index (χ2v) is 9.05. The number of carbonyl (C=O) groups excluding carboxylic acids is 2. The smallest absolute Gasteiger partial charge is 0.417 e. The number of halogens is 5. The number of hydrogen-bond acceptors (Lipinski definition) is 5. The quantitative estimate of drug-likeness (QED) is 0.275. The lowest BCUT2D eigenvalue weighted by Gasteiger charge is -2.31. The van der Waals surface area contributed by atoms with E-state index in [1.54, 1.807) is 4.90 Å². The first-order valence-electron chi connectivity index (χ1n) is 11.4. The van der Waals surface area contributed by atoms with E-state index in [-0.39, 0.29) is 40.4 Å². The van der Waals surface area contributed by atoms with Crippen LogP contribution >= 0.6 is 11.6 Å². The molecule has 4 rings (SSSR count). The highest BCUT2D eigenvalue weighted by molar-refractivity contribution is 6.34. The molecule has 2 aromatic carbocycles. The number of benzene rings is 2. The highest BCUT2D eigenvalue weighted by atomic mass is 35.5. The number of nitrogens with zero attached hydrogens (tertiary/aromatic N) is 2. The molecule has 13 heteroatoms. The Bertz CT molecular complexity index is 1510. The van der Waals surface area contributed by atoms with Crippen LogP contribution in [-0.2, 0) is 17.4 Å². The number of aromatic nitrogens is 1. The first kappa shape index (κ1) is 27.7. The third kappa shape index (κ3) is 5.90. The summed E-state index contributed by atoms with van der Waals surface area (Å²) in [5.74, 6) is -3.96. The highest BCUT2D eigenvalue weighted by Gasteiger charge is 2.36. The van der Waals surface area contributed by atoms with Crippen LogP contribution in [0.3, 0.4) is 0 Å². The summed E-state index contributed by atoms with van der Waals surface area (Å²) in [6.45, 7) is 1.16. The average molecular weight is 563 g/mol. The molecule has 0 unspecified atom stereocenters. The van der Waals surface area contributed by atoms with Gasteiger partial charge in [0.05, 0.1) is 39.5 Å². The largest absolute Gasteiger partial charge is 0.478 e. The van der Waals surface area contributed by atoms with E-state index in [9.17, 15) is 31.9 Å². The van der Waals surface area contributed by atoms with Gasteiger partial charge in [0.25, 0.3) is 5.91 Å². The molecule has 39 heavy (non-hydrogen) atoms. The van der Waals surface area contributed by atoms with Crippen molar-refractivity contribution >= 4 is 40.8 Å². The summed E-state index contributed by atoms with van der Waals surface area (Å²) in [5, 5.41) is 19.4. The van der Waals surface area contributed by atoms with E-state index in [4.69, 9.17) is 22.1 Å². The zero-order valence-corrected chi connectivity index (χ0v) is 20.7. The number of hydrogen-bond donors (Lipinski definition) is 3. The van der Waals surface area contributed by atoms with E-state index in [0.717, 1.165) is 30.7 Å². The molecular formula is C26H19ClF4N4O4. The number of anilines is 1. The van der Waals surface area contributed by atoms with Crippen LogP contribution in [0.1, 0.15) is 49.5 Å². The van der Waals surface area contributed by atoms with Gasteiger partial charge in [-0.1, -0.05) is 17.7 Å². The minimum atomic E-state index is -4.91. The van der Waals surface area contributed by atoms with Crippen molar-refractivity contribution in [2.24, 2.45) is 0 Å². The van der Waals surface area contributed by atoms with Gasteiger partial charge >= 0.3 is 12.1 Å². The molecule has 0 atom stereocenters. The van der Waals surface area contributed by atoms with Gasteiger partial charge in [0.15, 0.2) is 0 Å². The lowest BCUT2D eigenvalue weighted by atomic mass is 10.0. The van der Waals surface area contributed by atoms with E-state index in [2.05, 4.69) is 10.3 Å². The molecule has 1 fully saturated rings. The average Bonchev–Trinajstić information content (AvgIpc) is 2.81. The van der Waals surface area contributed by atoms with Gasteiger partial charge in [-0.15, -0.1) is 0 Å². The summed E-state index contributed by atoms with van der Waals surface area (Å²) in [4.78, 5) is 42.4. The molecule has 0 radical (unpaired) electrons. The fraction of sp³-hybridized carbons (Fsp3) is 0.192. The van der Waals surface area contributed by atoms with Gasteiger partial charge in [0.2, 0.25) is 5.91 Å². The normalized spacial score (nSPS) is 13.0. The third-order valence-electron chi connectivity index (χ3n) is 6.02. The minimum absolute atomic E-state index is 0.134. The number of carboxylic acid groups (broad SMARTS) is 1. The Kier molecular flexibility index (Phi) is 7.68. The molecule has 0 spiro atoms. The van der Waals surface area contributed by atoms with Crippen molar-refractivity contribution in [1.82, 2.24) is 9.88 Å². The molecule has 1 aromatic heterocycles. The second-order valence-electron chi connectivity index (χ2n) is 8.64. The number of likely N-dealkylation sites (tertiary alicyclic amines) is 1. The molecule has 2 heterocycles. The summed E-state index contributed by atoms with van der Waals surface area (Å²) in [7, 11) is 0. The molecule has 3 aromatic rings. The molecule has 1 saturated heterocycles. The van der Waals surface area contributed by atoms with Crippen molar-refractivity contribution in [3.05, 3.63) is 93.0 Å². The van der Waals surface area contributed by atoms with Crippen LogP contribution in [-0.4, -0.2) is 51.6 Å². The molecule has 1 aliphatic heterocycles. The zero-order valence-electron chi connectivity index (χ0n) is 19.9. The van der Waals surface area contributed by atoms with Crippen LogP contribution in [0.15, 0.2) is 48.7 Å². The van der Waals surface area contributed by atoms with Crippen molar-refractivity contribution in [1.29, 1.82) is 5.41 Å². The predicted octanol–water partition coefficient (Wildman–Crippen LogP) is 5.03. The Morgan fingerprint density at radius 3 is 2.44 bits per heavy atom. The lowest BCUT2D eigenvalue weighted by molar-refractivity contribution is -0.138. The summed E-state index contributed by atoms with van der Waals surface area (Å²) >= 11 is 5.95. The number of pyridine rings is 1. The molecule has 0 saturated carbocycles. The number of nitrogens with one attached hydrogen (secondary N) is 2. The first-order valence-corrected chi connectivity index (χ1v) is 11.8. The number of aromatic carboxylic acids is 1. The summed E-state index contributed by atoms with van der Waals surface area (Å²) in [5.41, 5.74) is -3.81. The van der Waals surface area contributed by atoms with Gasteiger partial charge in [-0.05, 0) is 48.4 Å². The van der Waals surface area contributed by atoms with Crippen LogP contribution in [0.4, 0.5) is 23.2 Å². The Balaban J connectivity index is 1.76. The Labute approximate surface area is 223 Å². The SMILES string of the molecule is N=C(c1ccc(C(=O)O)cc1F)c1ncc(CC(=O)N2CCC2)cc1NC(=O)c1c(Cl)cccc1C(F)(F)F. The number of amides is 2. The molecule has 202 valence electrons. The summed E-state index contributed by atoms with van der Waals surface area (Å²) in [6.07, 6.45) is -2.96.